The molecule has 0 spiro atoms. The summed E-state index contributed by atoms with van der Waals surface area (Å²) >= 11 is 0. The van der Waals surface area contributed by atoms with Crippen LogP contribution in [0.5, 0.6) is 0 Å². The second-order valence-corrected chi connectivity index (χ2v) is 7.19. The first kappa shape index (κ1) is 15.9. The molecule has 3 unspecified atom stereocenters. The molecule has 1 aromatic rings. The minimum Gasteiger partial charge on any atom is -0.461 e. The Morgan fingerprint density at radius 1 is 1.29 bits per heavy atom. The summed E-state index contributed by atoms with van der Waals surface area (Å²) in [6.07, 6.45) is 6.52. The predicted octanol–water partition coefficient (Wildman–Crippen LogP) is 3.03. The number of rotatable bonds is 4. The molecule has 1 aliphatic carbocycles. The number of carbonyl (C=O) groups excluding carboxylic acids is 1. The molecule has 4 rings (SSSR count). The van der Waals surface area contributed by atoms with E-state index < -0.39 is 0 Å². The van der Waals surface area contributed by atoms with E-state index in [0.29, 0.717) is 25.7 Å². The highest BCUT2D eigenvalue weighted by Crippen LogP contribution is 2.47. The standard InChI is InChI=1S/C19H25NO4/c1-13-11-16(13)17-6-4-15(24-17)5-7-18(21)20-8-2-3-14(12-20)19-22-9-10-23-19/h4-7,13-14,16,19H,2-3,8-12H2,1H3/b7-5+. The van der Waals surface area contributed by atoms with Gasteiger partial charge in [-0.15, -0.1) is 0 Å². The van der Waals surface area contributed by atoms with Crippen molar-refractivity contribution in [1.82, 2.24) is 4.90 Å². The molecule has 0 bridgehead atoms. The van der Waals surface area contributed by atoms with Crippen LogP contribution in [0.2, 0.25) is 0 Å². The zero-order valence-electron chi connectivity index (χ0n) is 14.1. The summed E-state index contributed by atoms with van der Waals surface area (Å²) in [5, 5.41) is 0. The van der Waals surface area contributed by atoms with Crippen molar-refractivity contribution in [2.75, 3.05) is 26.3 Å². The highest BCUT2D eigenvalue weighted by molar-refractivity contribution is 5.91. The number of carbonyl (C=O) groups is 1. The van der Waals surface area contributed by atoms with Crippen molar-refractivity contribution in [3.05, 3.63) is 29.7 Å². The van der Waals surface area contributed by atoms with Gasteiger partial charge in [-0.2, -0.15) is 0 Å². The van der Waals surface area contributed by atoms with Gasteiger partial charge in [-0.25, -0.2) is 0 Å². The predicted molar refractivity (Wildman–Crippen MR) is 89.3 cm³/mol. The lowest BCUT2D eigenvalue weighted by atomic mass is 9.97. The van der Waals surface area contributed by atoms with Crippen LogP contribution < -0.4 is 0 Å². The van der Waals surface area contributed by atoms with Gasteiger partial charge in [0.15, 0.2) is 6.29 Å². The van der Waals surface area contributed by atoms with Crippen molar-refractivity contribution in [3.8, 4) is 0 Å². The summed E-state index contributed by atoms with van der Waals surface area (Å²) in [6, 6.07) is 3.98. The smallest absolute Gasteiger partial charge is 0.246 e. The lowest BCUT2D eigenvalue weighted by Gasteiger charge is -2.34. The van der Waals surface area contributed by atoms with E-state index >= 15 is 0 Å². The van der Waals surface area contributed by atoms with Crippen molar-refractivity contribution in [2.45, 2.75) is 38.4 Å². The van der Waals surface area contributed by atoms with Gasteiger partial charge >= 0.3 is 0 Å². The number of hydrogen-bond donors (Lipinski definition) is 0. The van der Waals surface area contributed by atoms with Crippen molar-refractivity contribution in [1.29, 1.82) is 0 Å². The second-order valence-electron chi connectivity index (χ2n) is 7.19. The minimum atomic E-state index is -0.141. The first-order chi connectivity index (χ1) is 11.7. The monoisotopic (exact) mass is 331 g/mol. The van der Waals surface area contributed by atoms with E-state index in [0.717, 1.165) is 36.8 Å². The van der Waals surface area contributed by atoms with Crippen LogP contribution >= 0.6 is 0 Å². The quantitative estimate of drug-likeness (QED) is 0.796. The highest BCUT2D eigenvalue weighted by atomic mass is 16.7. The lowest BCUT2D eigenvalue weighted by molar-refractivity contribution is -0.134. The van der Waals surface area contributed by atoms with Gasteiger partial charge in [0.25, 0.3) is 0 Å². The van der Waals surface area contributed by atoms with Crippen LogP contribution in [0.4, 0.5) is 0 Å². The topological polar surface area (TPSA) is 51.9 Å². The Morgan fingerprint density at radius 3 is 2.83 bits per heavy atom. The molecule has 1 aromatic heterocycles. The lowest BCUT2D eigenvalue weighted by Crippen LogP contribution is -2.43. The van der Waals surface area contributed by atoms with E-state index in [2.05, 4.69) is 6.92 Å². The van der Waals surface area contributed by atoms with E-state index in [1.165, 1.54) is 6.42 Å². The van der Waals surface area contributed by atoms with Gasteiger partial charge in [0.2, 0.25) is 5.91 Å². The van der Waals surface area contributed by atoms with E-state index in [4.69, 9.17) is 13.9 Å². The van der Waals surface area contributed by atoms with Crippen LogP contribution in [0.1, 0.15) is 43.6 Å². The number of amides is 1. The van der Waals surface area contributed by atoms with Crippen molar-refractivity contribution in [2.24, 2.45) is 11.8 Å². The fourth-order valence-corrected chi connectivity index (χ4v) is 3.72. The molecule has 3 heterocycles. The van der Waals surface area contributed by atoms with E-state index in [1.807, 2.05) is 17.0 Å². The maximum Gasteiger partial charge on any atom is 0.246 e. The zero-order chi connectivity index (χ0) is 16.5. The maximum atomic E-state index is 12.5. The normalized spacial score (nSPS) is 31.0. The Bertz CT molecular complexity index is 617. The Kier molecular flexibility index (Phi) is 4.46. The van der Waals surface area contributed by atoms with Gasteiger partial charge in [0, 0.05) is 31.0 Å². The molecular weight excluding hydrogens is 306 g/mol. The number of piperidine rings is 1. The minimum absolute atomic E-state index is 0.0374. The average Bonchev–Trinajstić information content (AvgIpc) is 3.04. The van der Waals surface area contributed by atoms with Gasteiger partial charge in [-0.05, 0) is 43.4 Å². The molecule has 5 nitrogen and oxygen atoms in total. The Morgan fingerprint density at radius 2 is 2.08 bits per heavy atom. The summed E-state index contributed by atoms with van der Waals surface area (Å²) in [5.74, 6) is 3.41. The zero-order valence-corrected chi connectivity index (χ0v) is 14.1. The molecule has 3 aliphatic rings. The molecule has 1 saturated carbocycles. The van der Waals surface area contributed by atoms with Crippen LogP contribution in [-0.2, 0) is 14.3 Å². The molecule has 3 atom stereocenters. The number of nitrogens with zero attached hydrogens (tertiary/aromatic N) is 1. The highest BCUT2D eigenvalue weighted by Gasteiger charge is 2.36. The maximum absolute atomic E-state index is 12.5. The third-order valence-electron chi connectivity index (χ3n) is 5.31. The van der Waals surface area contributed by atoms with Gasteiger partial charge in [0.1, 0.15) is 11.5 Å². The van der Waals surface area contributed by atoms with Gasteiger partial charge in [-0.3, -0.25) is 4.79 Å². The second kappa shape index (κ2) is 6.73. The van der Waals surface area contributed by atoms with E-state index in [1.54, 1.807) is 12.2 Å². The van der Waals surface area contributed by atoms with Crippen LogP contribution in [0.25, 0.3) is 6.08 Å². The van der Waals surface area contributed by atoms with Gasteiger partial charge in [-0.1, -0.05) is 6.92 Å². The molecular formula is C19H25NO4. The Labute approximate surface area is 142 Å². The number of ether oxygens (including phenoxy) is 2. The van der Waals surface area contributed by atoms with Crippen molar-refractivity contribution < 1.29 is 18.7 Å². The fourth-order valence-electron chi connectivity index (χ4n) is 3.72. The van der Waals surface area contributed by atoms with E-state index in [9.17, 15) is 4.79 Å². The SMILES string of the molecule is CC1CC1c1ccc(/C=C/C(=O)N2CCCC(C3OCCO3)C2)o1. The average molecular weight is 331 g/mol. The largest absolute Gasteiger partial charge is 0.461 e. The fraction of sp³-hybridized carbons (Fsp3) is 0.632. The third kappa shape index (κ3) is 3.42. The number of hydrogen-bond acceptors (Lipinski definition) is 4. The van der Waals surface area contributed by atoms with Gasteiger partial charge in [0.05, 0.1) is 13.2 Å². The van der Waals surface area contributed by atoms with Crippen molar-refractivity contribution >= 4 is 12.0 Å². The molecule has 3 fully saturated rings. The molecule has 1 amide bonds. The summed E-state index contributed by atoms with van der Waals surface area (Å²) in [7, 11) is 0. The Hall–Kier alpha value is -1.59. The Balaban J connectivity index is 1.33. The molecule has 0 N–H and O–H groups in total. The molecule has 2 saturated heterocycles. The van der Waals surface area contributed by atoms with Crippen molar-refractivity contribution in [3.63, 3.8) is 0 Å². The molecule has 24 heavy (non-hydrogen) atoms. The molecule has 5 heteroatoms. The van der Waals surface area contributed by atoms with Crippen LogP contribution in [0, 0.1) is 11.8 Å². The van der Waals surface area contributed by atoms with Crippen LogP contribution in [0.3, 0.4) is 0 Å². The molecule has 0 aromatic carbocycles. The number of furan rings is 1. The summed E-state index contributed by atoms with van der Waals surface area (Å²) in [5.41, 5.74) is 0. The van der Waals surface area contributed by atoms with Gasteiger partial charge < -0.3 is 18.8 Å². The molecule has 2 aliphatic heterocycles. The summed E-state index contributed by atoms with van der Waals surface area (Å²) in [4.78, 5) is 14.3. The third-order valence-corrected chi connectivity index (χ3v) is 5.31. The summed E-state index contributed by atoms with van der Waals surface area (Å²) in [6.45, 7) is 5.06. The van der Waals surface area contributed by atoms with E-state index in [-0.39, 0.29) is 18.1 Å². The first-order valence-corrected chi connectivity index (χ1v) is 9.00. The number of likely N-dealkylation sites (tertiary alicyclic amines) is 1. The molecule has 0 radical (unpaired) electrons. The van der Waals surface area contributed by atoms with Crippen LogP contribution in [0.15, 0.2) is 22.6 Å². The molecule has 130 valence electrons. The summed E-state index contributed by atoms with van der Waals surface area (Å²) < 4.78 is 17.0. The van der Waals surface area contributed by atoms with Crippen LogP contribution in [-0.4, -0.2) is 43.4 Å². The first-order valence-electron chi connectivity index (χ1n) is 9.00.